The standard InChI is InChI=1S/C10H18N2O/c1-4-12-10(5-6-11-12)8-13-7-9(2)3/h5-6,9H,4,7-8H2,1-3H3. The van der Waals surface area contributed by atoms with Crippen LogP contribution in [0.5, 0.6) is 0 Å². The van der Waals surface area contributed by atoms with E-state index in [1.54, 1.807) is 0 Å². The van der Waals surface area contributed by atoms with Crippen molar-refractivity contribution in [2.45, 2.75) is 33.9 Å². The quantitative estimate of drug-likeness (QED) is 0.697. The van der Waals surface area contributed by atoms with Gasteiger partial charge in [-0.25, -0.2) is 0 Å². The molecule has 0 atom stereocenters. The van der Waals surface area contributed by atoms with Gasteiger partial charge < -0.3 is 4.74 Å². The average molecular weight is 182 g/mol. The molecule has 0 spiro atoms. The Labute approximate surface area is 79.7 Å². The molecule has 0 bridgehead atoms. The van der Waals surface area contributed by atoms with Crippen molar-refractivity contribution in [1.82, 2.24) is 9.78 Å². The fourth-order valence-electron chi connectivity index (χ4n) is 1.17. The normalized spacial score (nSPS) is 11.1. The van der Waals surface area contributed by atoms with E-state index in [2.05, 4.69) is 25.9 Å². The SMILES string of the molecule is CCn1nccc1COCC(C)C. The van der Waals surface area contributed by atoms with Crippen LogP contribution in [0.3, 0.4) is 0 Å². The van der Waals surface area contributed by atoms with Gasteiger partial charge in [0.25, 0.3) is 0 Å². The van der Waals surface area contributed by atoms with Crippen molar-refractivity contribution >= 4 is 0 Å². The zero-order chi connectivity index (χ0) is 9.68. The molecular weight excluding hydrogens is 164 g/mol. The maximum absolute atomic E-state index is 5.52. The van der Waals surface area contributed by atoms with Crippen LogP contribution in [0, 0.1) is 5.92 Å². The van der Waals surface area contributed by atoms with E-state index in [1.165, 1.54) is 0 Å². The van der Waals surface area contributed by atoms with E-state index in [-0.39, 0.29) is 0 Å². The zero-order valence-electron chi connectivity index (χ0n) is 8.66. The highest BCUT2D eigenvalue weighted by Crippen LogP contribution is 2.02. The maximum atomic E-state index is 5.52. The van der Waals surface area contributed by atoms with E-state index < -0.39 is 0 Å². The lowest BCUT2D eigenvalue weighted by Gasteiger charge is -2.07. The minimum Gasteiger partial charge on any atom is -0.375 e. The van der Waals surface area contributed by atoms with Crippen LogP contribution in [0.2, 0.25) is 0 Å². The second kappa shape index (κ2) is 5.02. The summed E-state index contributed by atoms with van der Waals surface area (Å²) in [7, 11) is 0. The molecule has 0 aromatic carbocycles. The lowest BCUT2D eigenvalue weighted by molar-refractivity contribution is 0.0921. The zero-order valence-corrected chi connectivity index (χ0v) is 8.66. The van der Waals surface area contributed by atoms with Crippen LogP contribution in [0.15, 0.2) is 12.3 Å². The molecule has 0 saturated heterocycles. The van der Waals surface area contributed by atoms with E-state index in [0.29, 0.717) is 12.5 Å². The van der Waals surface area contributed by atoms with Gasteiger partial charge in [0.2, 0.25) is 0 Å². The van der Waals surface area contributed by atoms with Crippen LogP contribution in [-0.4, -0.2) is 16.4 Å². The fourth-order valence-corrected chi connectivity index (χ4v) is 1.17. The van der Waals surface area contributed by atoms with Gasteiger partial charge in [0, 0.05) is 19.3 Å². The first-order valence-electron chi connectivity index (χ1n) is 4.82. The molecule has 0 unspecified atom stereocenters. The van der Waals surface area contributed by atoms with E-state index in [4.69, 9.17) is 4.74 Å². The molecule has 1 rings (SSSR count). The summed E-state index contributed by atoms with van der Waals surface area (Å²) in [6.07, 6.45) is 1.82. The van der Waals surface area contributed by atoms with E-state index in [0.717, 1.165) is 18.8 Å². The van der Waals surface area contributed by atoms with Crippen molar-refractivity contribution in [2.24, 2.45) is 5.92 Å². The topological polar surface area (TPSA) is 27.1 Å². The van der Waals surface area contributed by atoms with Gasteiger partial charge in [-0.2, -0.15) is 5.10 Å². The number of nitrogens with zero attached hydrogens (tertiary/aromatic N) is 2. The number of aryl methyl sites for hydroxylation is 1. The summed E-state index contributed by atoms with van der Waals surface area (Å²) in [5.74, 6) is 0.595. The number of aromatic nitrogens is 2. The highest BCUT2D eigenvalue weighted by atomic mass is 16.5. The monoisotopic (exact) mass is 182 g/mol. The van der Waals surface area contributed by atoms with Crippen molar-refractivity contribution in [3.63, 3.8) is 0 Å². The van der Waals surface area contributed by atoms with Gasteiger partial charge in [-0.3, -0.25) is 4.68 Å². The molecule has 1 aromatic rings. The van der Waals surface area contributed by atoms with Crippen LogP contribution in [0.25, 0.3) is 0 Å². The highest BCUT2D eigenvalue weighted by molar-refractivity contribution is 4.98. The molecule has 0 saturated carbocycles. The first-order chi connectivity index (χ1) is 6.24. The van der Waals surface area contributed by atoms with Crippen molar-refractivity contribution < 1.29 is 4.74 Å². The molecule has 0 N–H and O–H groups in total. The van der Waals surface area contributed by atoms with Crippen molar-refractivity contribution in [3.05, 3.63) is 18.0 Å². The molecular formula is C10H18N2O. The molecule has 13 heavy (non-hydrogen) atoms. The molecule has 0 aliphatic carbocycles. The predicted molar refractivity (Wildman–Crippen MR) is 52.4 cm³/mol. The van der Waals surface area contributed by atoms with Crippen LogP contribution in [0.1, 0.15) is 26.5 Å². The molecule has 0 fully saturated rings. The molecule has 1 aromatic heterocycles. The summed E-state index contributed by atoms with van der Waals surface area (Å²) in [6.45, 7) is 8.78. The van der Waals surface area contributed by atoms with Gasteiger partial charge in [-0.1, -0.05) is 13.8 Å². The van der Waals surface area contributed by atoms with Crippen LogP contribution in [-0.2, 0) is 17.9 Å². The number of hydrogen-bond donors (Lipinski definition) is 0. The summed E-state index contributed by atoms with van der Waals surface area (Å²) in [5.41, 5.74) is 1.16. The Morgan fingerprint density at radius 2 is 2.31 bits per heavy atom. The lowest BCUT2D eigenvalue weighted by Crippen LogP contribution is -2.07. The third-order valence-corrected chi connectivity index (χ3v) is 1.81. The van der Waals surface area contributed by atoms with Crippen LogP contribution >= 0.6 is 0 Å². The molecule has 74 valence electrons. The van der Waals surface area contributed by atoms with E-state index in [1.807, 2.05) is 16.9 Å². The van der Waals surface area contributed by atoms with Crippen molar-refractivity contribution in [3.8, 4) is 0 Å². The number of rotatable bonds is 5. The highest BCUT2D eigenvalue weighted by Gasteiger charge is 2.00. The molecule has 0 amide bonds. The third-order valence-electron chi connectivity index (χ3n) is 1.81. The number of ether oxygens (including phenoxy) is 1. The minimum absolute atomic E-state index is 0.595. The van der Waals surface area contributed by atoms with Gasteiger partial charge in [0.1, 0.15) is 0 Å². The molecule has 1 heterocycles. The largest absolute Gasteiger partial charge is 0.375 e. The van der Waals surface area contributed by atoms with Gasteiger partial charge in [-0.15, -0.1) is 0 Å². The molecule has 3 nitrogen and oxygen atoms in total. The van der Waals surface area contributed by atoms with Crippen molar-refractivity contribution in [1.29, 1.82) is 0 Å². The average Bonchev–Trinajstić information content (AvgIpc) is 2.51. The van der Waals surface area contributed by atoms with Crippen LogP contribution < -0.4 is 0 Å². The summed E-state index contributed by atoms with van der Waals surface area (Å²) < 4.78 is 7.48. The van der Waals surface area contributed by atoms with Gasteiger partial charge in [-0.05, 0) is 18.9 Å². The third kappa shape index (κ3) is 3.19. The van der Waals surface area contributed by atoms with Gasteiger partial charge in [0.05, 0.1) is 12.3 Å². The minimum atomic E-state index is 0.595. The Morgan fingerprint density at radius 1 is 1.54 bits per heavy atom. The van der Waals surface area contributed by atoms with Gasteiger partial charge >= 0.3 is 0 Å². The summed E-state index contributed by atoms with van der Waals surface area (Å²) >= 11 is 0. The summed E-state index contributed by atoms with van der Waals surface area (Å²) in [4.78, 5) is 0. The molecule has 0 radical (unpaired) electrons. The Bertz CT molecular complexity index is 243. The molecule has 0 aliphatic heterocycles. The van der Waals surface area contributed by atoms with E-state index >= 15 is 0 Å². The summed E-state index contributed by atoms with van der Waals surface area (Å²) in [6, 6.07) is 2.00. The van der Waals surface area contributed by atoms with Gasteiger partial charge in [0.15, 0.2) is 0 Å². The second-order valence-corrected chi connectivity index (χ2v) is 3.55. The molecule has 3 heteroatoms. The van der Waals surface area contributed by atoms with E-state index in [9.17, 15) is 0 Å². The Morgan fingerprint density at radius 3 is 2.92 bits per heavy atom. The first kappa shape index (κ1) is 10.3. The maximum Gasteiger partial charge on any atom is 0.0884 e. The smallest absolute Gasteiger partial charge is 0.0884 e. The lowest BCUT2D eigenvalue weighted by atomic mass is 10.2. The second-order valence-electron chi connectivity index (χ2n) is 3.55. The Kier molecular flexibility index (Phi) is 3.96. The van der Waals surface area contributed by atoms with Crippen molar-refractivity contribution in [2.75, 3.05) is 6.61 Å². The fraction of sp³-hybridized carbons (Fsp3) is 0.700. The Balaban J connectivity index is 2.36. The number of hydrogen-bond acceptors (Lipinski definition) is 2. The van der Waals surface area contributed by atoms with Crippen LogP contribution in [0.4, 0.5) is 0 Å². The first-order valence-corrected chi connectivity index (χ1v) is 4.82. The predicted octanol–water partition coefficient (Wildman–Crippen LogP) is 2.08. The molecule has 0 aliphatic rings. The Hall–Kier alpha value is -0.830. The summed E-state index contributed by atoms with van der Waals surface area (Å²) in [5, 5.41) is 4.17.